The molecule has 1 aromatic rings. The largest absolute Gasteiger partial charge is 0.356 e. The van der Waals surface area contributed by atoms with Crippen molar-refractivity contribution in [3.05, 3.63) is 16.1 Å². The Morgan fingerprint density at radius 2 is 2.50 bits per heavy atom. The summed E-state index contributed by atoms with van der Waals surface area (Å²) in [6, 6.07) is 0. The van der Waals surface area contributed by atoms with Gasteiger partial charge in [-0.1, -0.05) is 6.92 Å². The zero-order valence-electron chi connectivity index (χ0n) is 12.4. The maximum absolute atomic E-state index is 11.9. The minimum Gasteiger partial charge on any atom is -0.356 e. The second-order valence-electron chi connectivity index (χ2n) is 5.75. The molecule has 4 nitrogen and oxygen atoms in total. The Hall–Kier alpha value is -0.940. The summed E-state index contributed by atoms with van der Waals surface area (Å²) in [6.07, 6.45) is 3.96. The molecular formula is C15H25N3OS. The standard InChI is InChI=1S/C15H25N3OS/c1-11(13-4-3-6-16-9-13)8-15(19)17-7-5-14-10-20-12(2)18-14/h10-11,13,16H,3-9H2,1-2H3,(H,17,19). The number of piperidine rings is 1. The zero-order valence-corrected chi connectivity index (χ0v) is 13.3. The Kier molecular flexibility index (Phi) is 5.98. The lowest BCUT2D eigenvalue weighted by Crippen LogP contribution is -2.36. The topological polar surface area (TPSA) is 54.0 Å². The lowest BCUT2D eigenvalue weighted by Gasteiger charge is -2.28. The smallest absolute Gasteiger partial charge is 0.220 e. The van der Waals surface area contributed by atoms with Gasteiger partial charge in [0.25, 0.3) is 0 Å². The molecule has 2 N–H and O–H groups in total. The fourth-order valence-corrected chi connectivity index (χ4v) is 3.40. The number of thiazole rings is 1. The van der Waals surface area contributed by atoms with Crippen molar-refractivity contribution in [1.82, 2.24) is 15.6 Å². The van der Waals surface area contributed by atoms with Crippen LogP contribution in [0.15, 0.2) is 5.38 Å². The molecule has 0 saturated carbocycles. The molecule has 112 valence electrons. The van der Waals surface area contributed by atoms with Gasteiger partial charge in [0, 0.05) is 24.8 Å². The number of rotatable bonds is 6. The highest BCUT2D eigenvalue weighted by Gasteiger charge is 2.21. The van der Waals surface area contributed by atoms with Crippen LogP contribution in [0.25, 0.3) is 0 Å². The fraction of sp³-hybridized carbons (Fsp3) is 0.733. The molecule has 5 heteroatoms. The van der Waals surface area contributed by atoms with E-state index in [9.17, 15) is 4.79 Å². The van der Waals surface area contributed by atoms with Crippen LogP contribution in [0.4, 0.5) is 0 Å². The summed E-state index contributed by atoms with van der Waals surface area (Å²) in [6.45, 7) is 7.08. The van der Waals surface area contributed by atoms with Crippen molar-refractivity contribution < 1.29 is 4.79 Å². The summed E-state index contributed by atoms with van der Waals surface area (Å²) in [4.78, 5) is 16.3. The van der Waals surface area contributed by atoms with Crippen molar-refractivity contribution in [3.8, 4) is 0 Å². The quantitative estimate of drug-likeness (QED) is 0.845. The van der Waals surface area contributed by atoms with Crippen LogP contribution in [0.1, 0.15) is 36.9 Å². The van der Waals surface area contributed by atoms with Gasteiger partial charge < -0.3 is 10.6 Å². The number of hydrogen-bond acceptors (Lipinski definition) is 4. The first-order valence-corrected chi connectivity index (χ1v) is 8.41. The predicted octanol–water partition coefficient (Wildman–Crippen LogP) is 2.14. The summed E-state index contributed by atoms with van der Waals surface area (Å²) >= 11 is 1.66. The SMILES string of the molecule is Cc1nc(CCNC(=O)CC(C)C2CCCNC2)cs1. The van der Waals surface area contributed by atoms with Gasteiger partial charge in [-0.15, -0.1) is 11.3 Å². The van der Waals surface area contributed by atoms with Crippen LogP contribution in [0.5, 0.6) is 0 Å². The van der Waals surface area contributed by atoms with E-state index in [0.29, 0.717) is 24.8 Å². The van der Waals surface area contributed by atoms with Crippen molar-refractivity contribution in [2.75, 3.05) is 19.6 Å². The maximum Gasteiger partial charge on any atom is 0.220 e. The Morgan fingerprint density at radius 3 is 3.15 bits per heavy atom. The summed E-state index contributed by atoms with van der Waals surface area (Å²) < 4.78 is 0. The monoisotopic (exact) mass is 295 g/mol. The van der Waals surface area contributed by atoms with E-state index in [2.05, 4.69) is 27.9 Å². The average molecular weight is 295 g/mol. The third-order valence-electron chi connectivity index (χ3n) is 4.02. The minimum atomic E-state index is 0.176. The summed E-state index contributed by atoms with van der Waals surface area (Å²) in [5.74, 6) is 1.29. The van der Waals surface area contributed by atoms with Gasteiger partial charge in [-0.3, -0.25) is 4.79 Å². The van der Waals surface area contributed by atoms with Gasteiger partial charge in [-0.25, -0.2) is 4.98 Å². The van der Waals surface area contributed by atoms with E-state index >= 15 is 0 Å². The number of hydrogen-bond donors (Lipinski definition) is 2. The lowest BCUT2D eigenvalue weighted by atomic mass is 9.85. The first-order chi connectivity index (χ1) is 9.65. The summed E-state index contributed by atoms with van der Waals surface area (Å²) in [5, 5.41) is 9.59. The first-order valence-electron chi connectivity index (χ1n) is 7.53. The highest BCUT2D eigenvalue weighted by atomic mass is 32.1. The molecular weight excluding hydrogens is 270 g/mol. The number of nitrogens with zero attached hydrogens (tertiary/aromatic N) is 1. The number of carbonyl (C=O) groups is 1. The minimum absolute atomic E-state index is 0.176. The van der Waals surface area contributed by atoms with Crippen molar-refractivity contribution in [2.24, 2.45) is 11.8 Å². The lowest BCUT2D eigenvalue weighted by molar-refractivity contribution is -0.122. The van der Waals surface area contributed by atoms with Crippen LogP contribution >= 0.6 is 11.3 Å². The van der Waals surface area contributed by atoms with E-state index in [1.807, 2.05) is 6.92 Å². The van der Waals surface area contributed by atoms with E-state index < -0.39 is 0 Å². The van der Waals surface area contributed by atoms with Gasteiger partial charge in [0.1, 0.15) is 0 Å². The maximum atomic E-state index is 11.9. The highest BCUT2D eigenvalue weighted by Crippen LogP contribution is 2.22. The third-order valence-corrected chi connectivity index (χ3v) is 4.84. The molecule has 1 aromatic heterocycles. The predicted molar refractivity (Wildman–Crippen MR) is 82.9 cm³/mol. The molecule has 1 amide bonds. The van der Waals surface area contributed by atoms with Gasteiger partial charge in [-0.2, -0.15) is 0 Å². The number of aromatic nitrogens is 1. The number of carbonyl (C=O) groups excluding carboxylic acids is 1. The van der Waals surface area contributed by atoms with Crippen molar-refractivity contribution in [3.63, 3.8) is 0 Å². The molecule has 0 spiro atoms. The van der Waals surface area contributed by atoms with E-state index in [0.717, 1.165) is 30.2 Å². The summed E-state index contributed by atoms with van der Waals surface area (Å²) in [7, 11) is 0. The summed E-state index contributed by atoms with van der Waals surface area (Å²) in [5.41, 5.74) is 1.08. The Labute approximate surface area is 125 Å². The Balaban J connectivity index is 1.64. The van der Waals surface area contributed by atoms with Crippen LogP contribution in [0.3, 0.4) is 0 Å². The van der Waals surface area contributed by atoms with Gasteiger partial charge >= 0.3 is 0 Å². The van der Waals surface area contributed by atoms with Crippen molar-refractivity contribution >= 4 is 17.2 Å². The molecule has 20 heavy (non-hydrogen) atoms. The van der Waals surface area contributed by atoms with Gasteiger partial charge in [0.15, 0.2) is 0 Å². The molecule has 0 aliphatic carbocycles. The van der Waals surface area contributed by atoms with Gasteiger partial charge in [0.2, 0.25) is 5.91 Å². The third kappa shape index (κ3) is 4.87. The van der Waals surface area contributed by atoms with Gasteiger partial charge in [-0.05, 0) is 44.7 Å². The Morgan fingerprint density at radius 1 is 1.65 bits per heavy atom. The van der Waals surface area contributed by atoms with Gasteiger partial charge in [0.05, 0.1) is 10.7 Å². The van der Waals surface area contributed by atoms with Crippen LogP contribution in [-0.4, -0.2) is 30.5 Å². The zero-order chi connectivity index (χ0) is 14.4. The number of aryl methyl sites for hydroxylation is 1. The second-order valence-corrected chi connectivity index (χ2v) is 6.81. The molecule has 0 aromatic carbocycles. The molecule has 1 fully saturated rings. The molecule has 2 rings (SSSR count). The van der Waals surface area contributed by atoms with Crippen molar-refractivity contribution in [1.29, 1.82) is 0 Å². The fourth-order valence-electron chi connectivity index (χ4n) is 2.75. The molecule has 1 aliphatic rings. The molecule has 2 atom stereocenters. The van der Waals surface area contributed by atoms with E-state index in [1.165, 1.54) is 12.8 Å². The highest BCUT2D eigenvalue weighted by molar-refractivity contribution is 7.09. The van der Waals surface area contributed by atoms with Crippen LogP contribution in [-0.2, 0) is 11.2 Å². The van der Waals surface area contributed by atoms with Crippen molar-refractivity contribution in [2.45, 2.75) is 39.5 Å². The van der Waals surface area contributed by atoms with Crippen LogP contribution in [0, 0.1) is 18.8 Å². The molecule has 1 aliphatic heterocycles. The first kappa shape index (κ1) is 15.4. The number of nitrogens with one attached hydrogen (secondary N) is 2. The Bertz CT molecular complexity index is 427. The molecule has 0 radical (unpaired) electrons. The number of amides is 1. The van der Waals surface area contributed by atoms with E-state index in [1.54, 1.807) is 11.3 Å². The molecule has 1 saturated heterocycles. The van der Waals surface area contributed by atoms with Crippen LogP contribution in [0.2, 0.25) is 0 Å². The molecule has 2 unspecified atom stereocenters. The van der Waals surface area contributed by atoms with Crippen LogP contribution < -0.4 is 10.6 Å². The van der Waals surface area contributed by atoms with E-state index in [-0.39, 0.29) is 5.91 Å². The van der Waals surface area contributed by atoms with E-state index in [4.69, 9.17) is 0 Å². The second kappa shape index (κ2) is 7.74. The molecule has 0 bridgehead atoms. The molecule has 2 heterocycles. The normalized spacial score (nSPS) is 20.6. The average Bonchev–Trinajstić information content (AvgIpc) is 2.85.